The largest absolute Gasteiger partial charge is 0.316 e. The van der Waals surface area contributed by atoms with Crippen LogP contribution in [0.5, 0.6) is 0 Å². The standard InChI is InChI=1S/C12H21NS2/c1-4-5-6-7-11(13-3)12-10(2)14-8-9-15-12/h1,10-13H,5-9H2,2-3H3. The topological polar surface area (TPSA) is 12.0 Å². The zero-order valence-corrected chi connectivity index (χ0v) is 11.3. The SMILES string of the molecule is C#CCCCC(NC)C1SCCSC1C. The summed E-state index contributed by atoms with van der Waals surface area (Å²) in [6.07, 6.45) is 8.56. The molecule has 1 aliphatic heterocycles. The van der Waals surface area contributed by atoms with Crippen LogP contribution >= 0.6 is 23.5 Å². The van der Waals surface area contributed by atoms with Crippen LogP contribution in [0.4, 0.5) is 0 Å². The lowest BCUT2D eigenvalue weighted by Gasteiger charge is -2.34. The molecule has 15 heavy (non-hydrogen) atoms. The molecule has 0 aromatic carbocycles. The third-order valence-corrected chi connectivity index (χ3v) is 6.09. The van der Waals surface area contributed by atoms with E-state index in [1.54, 1.807) is 0 Å². The molecule has 1 nitrogen and oxygen atoms in total. The second-order valence-electron chi connectivity index (χ2n) is 3.90. The van der Waals surface area contributed by atoms with Crippen molar-refractivity contribution in [3.05, 3.63) is 0 Å². The first-order chi connectivity index (χ1) is 7.29. The molecule has 0 saturated carbocycles. The molecule has 0 bridgehead atoms. The van der Waals surface area contributed by atoms with Gasteiger partial charge in [0, 0.05) is 34.5 Å². The van der Waals surface area contributed by atoms with E-state index in [0.717, 1.165) is 23.3 Å². The van der Waals surface area contributed by atoms with E-state index in [0.29, 0.717) is 6.04 Å². The van der Waals surface area contributed by atoms with Gasteiger partial charge in [0.25, 0.3) is 0 Å². The van der Waals surface area contributed by atoms with Crippen molar-refractivity contribution >= 4 is 23.5 Å². The molecular weight excluding hydrogens is 222 g/mol. The Morgan fingerprint density at radius 1 is 1.47 bits per heavy atom. The average molecular weight is 243 g/mol. The minimum absolute atomic E-state index is 0.631. The predicted octanol–water partition coefficient (Wildman–Crippen LogP) is 2.62. The Hall–Kier alpha value is 0.220. The van der Waals surface area contributed by atoms with Crippen LogP contribution < -0.4 is 5.32 Å². The number of hydrogen-bond donors (Lipinski definition) is 1. The van der Waals surface area contributed by atoms with Crippen molar-refractivity contribution in [2.45, 2.75) is 42.7 Å². The van der Waals surface area contributed by atoms with E-state index in [9.17, 15) is 0 Å². The summed E-state index contributed by atoms with van der Waals surface area (Å²) < 4.78 is 0. The Morgan fingerprint density at radius 2 is 2.20 bits per heavy atom. The van der Waals surface area contributed by atoms with Gasteiger partial charge < -0.3 is 5.32 Å². The molecular formula is C12H21NS2. The highest BCUT2D eigenvalue weighted by Crippen LogP contribution is 2.34. The van der Waals surface area contributed by atoms with Crippen molar-refractivity contribution in [2.24, 2.45) is 0 Å². The Kier molecular flexibility index (Phi) is 6.63. The number of nitrogens with one attached hydrogen (secondary N) is 1. The molecule has 1 N–H and O–H groups in total. The third-order valence-electron chi connectivity index (χ3n) is 2.84. The Labute approximate surface area is 103 Å². The van der Waals surface area contributed by atoms with Crippen LogP contribution in [0.15, 0.2) is 0 Å². The third kappa shape index (κ3) is 4.30. The summed E-state index contributed by atoms with van der Waals surface area (Å²) in [5, 5.41) is 4.98. The lowest BCUT2D eigenvalue weighted by Crippen LogP contribution is -2.42. The maximum atomic E-state index is 5.28. The van der Waals surface area contributed by atoms with Crippen molar-refractivity contribution in [1.82, 2.24) is 5.32 Å². The molecule has 3 heteroatoms. The molecule has 3 unspecified atom stereocenters. The van der Waals surface area contributed by atoms with Gasteiger partial charge in [-0.1, -0.05) is 6.92 Å². The molecule has 1 aliphatic rings. The van der Waals surface area contributed by atoms with E-state index in [1.807, 2.05) is 0 Å². The van der Waals surface area contributed by atoms with Crippen LogP contribution in [0, 0.1) is 12.3 Å². The van der Waals surface area contributed by atoms with Crippen molar-refractivity contribution in [3.63, 3.8) is 0 Å². The highest BCUT2D eigenvalue weighted by atomic mass is 32.2. The highest BCUT2D eigenvalue weighted by molar-refractivity contribution is 8.07. The van der Waals surface area contributed by atoms with Gasteiger partial charge in [0.1, 0.15) is 0 Å². The summed E-state index contributed by atoms with van der Waals surface area (Å²) >= 11 is 4.23. The van der Waals surface area contributed by atoms with Gasteiger partial charge in [-0.3, -0.25) is 0 Å². The van der Waals surface area contributed by atoms with E-state index in [-0.39, 0.29) is 0 Å². The molecule has 0 radical (unpaired) electrons. The number of hydrogen-bond acceptors (Lipinski definition) is 3. The smallest absolute Gasteiger partial charge is 0.0317 e. The lowest BCUT2D eigenvalue weighted by molar-refractivity contribution is 0.487. The minimum atomic E-state index is 0.631. The summed E-state index contributed by atoms with van der Waals surface area (Å²) in [6, 6.07) is 0.631. The van der Waals surface area contributed by atoms with Gasteiger partial charge in [0.2, 0.25) is 0 Å². The van der Waals surface area contributed by atoms with Crippen LogP contribution in [-0.2, 0) is 0 Å². The molecule has 1 rings (SSSR count). The molecule has 0 aromatic heterocycles. The number of unbranched alkanes of at least 4 members (excludes halogenated alkanes) is 1. The monoisotopic (exact) mass is 243 g/mol. The van der Waals surface area contributed by atoms with Crippen LogP contribution in [0.3, 0.4) is 0 Å². The fourth-order valence-electron chi connectivity index (χ4n) is 1.99. The maximum absolute atomic E-state index is 5.28. The van der Waals surface area contributed by atoms with Gasteiger partial charge in [0.15, 0.2) is 0 Å². The van der Waals surface area contributed by atoms with Crippen LogP contribution in [-0.4, -0.2) is 35.1 Å². The van der Waals surface area contributed by atoms with E-state index in [2.05, 4.69) is 48.7 Å². The van der Waals surface area contributed by atoms with E-state index in [4.69, 9.17) is 6.42 Å². The maximum Gasteiger partial charge on any atom is 0.0317 e. The fourth-order valence-corrected chi connectivity index (χ4v) is 5.03. The van der Waals surface area contributed by atoms with Crippen molar-refractivity contribution < 1.29 is 0 Å². The normalized spacial score (nSPS) is 28.3. The molecule has 1 fully saturated rings. The van der Waals surface area contributed by atoms with Gasteiger partial charge in [-0.25, -0.2) is 0 Å². The molecule has 1 heterocycles. The molecule has 86 valence electrons. The first-order valence-electron chi connectivity index (χ1n) is 5.63. The Morgan fingerprint density at radius 3 is 2.80 bits per heavy atom. The van der Waals surface area contributed by atoms with Crippen molar-refractivity contribution in [1.29, 1.82) is 0 Å². The van der Waals surface area contributed by atoms with Crippen LogP contribution in [0.2, 0.25) is 0 Å². The zero-order chi connectivity index (χ0) is 11.1. The molecule has 1 saturated heterocycles. The number of terminal acetylenes is 1. The Balaban J connectivity index is 2.38. The van der Waals surface area contributed by atoms with Crippen molar-refractivity contribution in [3.8, 4) is 12.3 Å². The predicted molar refractivity (Wildman–Crippen MR) is 73.7 cm³/mol. The first kappa shape index (κ1) is 13.3. The number of rotatable bonds is 5. The summed E-state index contributed by atoms with van der Waals surface area (Å²) in [6.45, 7) is 2.35. The van der Waals surface area contributed by atoms with Gasteiger partial charge in [-0.05, 0) is 19.9 Å². The van der Waals surface area contributed by atoms with E-state index in [1.165, 1.54) is 17.9 Å². The lowest BCUT2D eigenvalue weighted by atomic mass is 10.0. The van der Waals surface area contributed by atoms with Gasteiger partial charge in [-0.15, -0.1) is 12.3 Å². The quantitative estimate of drug-likeness (QED) is 0.589. The fraction of sp³-hybridized carbons (Fsp3) is 0.833. The molecule has 0 amide bonds. The van der Waals surface area contributed by atoms with Crippen LogP contribution in [0.1, 0.15) is 26.2 Å². The first-order valence-corrected chi connectivity index (χ1v) is 7.73. The zero-order valence-electron chi connectivity index (χ0n) is 9.66. The average Bonchev–Trinajstić information content (AvgIpc) is 2.26. The molecule has 0 aromatic rings. The highest BCUT2D eigenvalue weighted by Gasteiger charge is 2.28. The summed E-state index contributed by atoms with van der Waals surface area (Å²) in [5.74, 6) is 5.33. The summed E-state index contributed by atoms with van der Waals surface area (Å²) in [7, 11) is 2.08. The Bertz CT molecular complexity index is 212. The molecule has 0 aliphatic carbocycles. The second-order valence-corrected chi connectivity index (χ2v) is 6.67. The number of thioether (sulfide) groups is 2. The van der Waals surface area contributed by atoms with Gasteiger partial charge in [0.05, 0.1) is 0 Å². The van der Waals surface area contributed by atoms with E-state index >= 15 is 0 Å². The second kappa shape index (κ2) is 7.49. The summed E-state index contributed by atoms with van der Waals surface area (Å²) in [5.41, 5.74) is 0. The summed E-state index contributed by atoms with van der Waals surface area (Å²) in [4.78, 5) is 0. The van der Waals surface area contributed by atoms with E-state index < -0.39 is 0 Å². The van der Waals surface area contributed by atoms with Crippen LogP contribution in [0.25, 0.3) is 0 Å². The van der Waals surface area contributed by atoms with Gasteiger partial charge >= 0.3 is 0 Å². The van der Waals surface area contributed by atoms with Crippen molar-refractivity contribution in [2.75, 3.05) is 18.6 Å². The van der Waals surface area contributed by atoms with Gasteiger partial charge in [-0.2, -0.15) is 23.5 Å². The minimum Gasteiger partial charge on any atom is -0.316 e. The molecule has 0 spiro atoms. The molecule has 3 atom stereocenters.